The van der Waals surface area contributed by atoms with Gasteiger partial charge in [-0.1, -0.05) is 33.6 Å². The molecule has 1 saturated heterocycles. The van der Waals surface area contributed by atoms with E-state index in [0.717, 1.165) is 41.1 Å². The number of ether oxygens (including phenoxy) is 1. The molecule has 106 valence electrons. The monoisotopic (exact) mass is 346 g/mol. The summed E-state index contributed by atoms with van der Waals surface area (Å²) >= 11 is 9.75. The fraction of sp³-hybridized carbons (Fsp3) is 0.571. The number of hydrogen-bond donors (Lipinski definition) is 1. The Morgan fingerprint density at radius 1 is 1.58 bits per heavy atom. The van der Waals surface area contributed by atoms with E-state index < -0.39 is 0 Å². The molecule has 2 atom stereocenters. The van der Waals surface area contributed by atoms with Gasteiger partial charge in [-0.15, -0.1) is 0 Å². The lowest BCUT2D eigenvalue weighted by Crippen LogP contribution is -2.36. The average molecular weight is 348 g/mol. The summed E-state index contributed by atoms with van der Waals surface area (Å²) in [5.74, 6) is 0. The van der Waals surface area contributed by atoms with Crippen LogP contribution < -0.4 is 5.73 Å². The zero-order valence-electron chi connectivity index (χ0n) is 11.1. The first-order chi connectivity index (χ1) is 9.11. The molecule has 1 aliphatic rings. The minimum atomic E-state index is 0.129. The summed E-state index contributed by atoms with van der Waals surface area (Å²) in [5.41, 5.74) is 7.01. The van der Waals surface area contributed by atoms with Gasteiger partial charge in [-0.05, 0) is 37.6 Å². The molecule has 0 spiro atoms. The van der Waals surface area contributed by atoms with E-state index in [2.05, 4.69) is 27.9 Å². The Labute approximate surface area is 128 Å². The molecule has 2 N–H and O–H groups in total. The molecule has 0 radical (unpaired) electrons. The Bertz CT molecular complexity index is 424. The van der Waals surface area contributed by atoms with E-state index in [1.807, 2.05) is 18.2 Å². The average Bonchev–Trinajstić information content (AvgIpc) is 2.85. The van der Waals surface area contributed by atoms with Crippen molar-refractivity contribution in [2.45, 2.75) is 25.0 Å². The topological polar surface area (TPSA) is 38.5 Å². The Morgan fingerprint density at radius 3 is 2.95 bits per heavy atom. The van der Waals surface area contributed by atoms with Gasteiger partial charge in [0.25, 0.3) is 0 Å². The van der Waals surface area contributed by atoms with Gasteiger partial charge >= 0.3 is 0 Å². The number of nitrogens with two attached hydrogens (primary N) is 1. The minimum Gasteiger partial charge on any atom is -0.377 e. The third-order valence-electron chi connectivity index (χ3n) is 3.59. The Morgan fingerprint density at radius 2 is 2.37 bits per heavy atom. The fourth-order valence-corrected chi connectivity index (χ4v) is 3.35. The fourth-order valence-electron chi connectivity index (χ4n) is 2.55. The van der Waals surface area contributed by atoms with E-state index in [-0.39, 0.29) is 6.04 Å². The summed E-state index contributed by atoms with van der Waals surface area (Å²) in [6.45, 7) is 2.32. The molecule has 2 unspecified atom stereocenters. The maximum Gasteiger partial charge on any atom is 0.0702 e. The van der Waals surface area contributed by atoms with Crippen molar-refractivity contribution in [2.75, 3.05) is 26.7 Å². The maximum atomic E-state index is 6.32. The van der Waals surface area contributed by atoms with Gasteiger partial charge in [-0.3, -0.25) is 4.90 Å². The standard InChI is InChI=1S/C14H20BrClN2O/c1-18(9-11-3-2-6-19-11)14(8-17)12-5-4-10(15)7-13(12)16/h4-5,7,11,14H,2-3,6,8-9,17H2,1H3. The highest BCUT2D eigenvalue weighted by Gasteiger charge is 2.23. The second kappa shape index (κ2) is 7.04. The van der Waals surface area contributed by atoms with Gasteiger partial charge in [0.15, 0.2) is 0 Å². The highest BCUT2D eigenvalue weighted by atomic mass is 79.9. The number of benzene rings is 1. The molecule has 3 nitrogen and oxygen atoms in total. The molecular weight excluding hydrogens is 328 g/mol. The van der Waals surface area contributed by atoms with Crippen LogP contribution in [0.2, 0.25) is 5.02 Å². The summed E-state index contributed by atoms with van der Waals surface area (Å²) in [6.07, 6.45) is 2.62. The van der Waals surface area contributed by atoms with Crippen LogP contribution in [0.3, 0.4) is 0 Å². The van der Waals surface area contributed by atoms with Crippen LogP contribution >= 0.6 is 27.5 Å². The Hall–Kier alpha value is -0.130. The molecule has 19 heavy (non-hydrogen) atoms. The lowest BCUT2D eigenvalue weighted by Gasteiger charge is -2.30. The van der Waals surface area contributed by atoms with E-state index >= 15 is 0 Å². The third kappa shape index (κ3) is 3.92. The predicted molar refractivity (Wildman–Crippen MR) is 82.6 cm³/mol. The quantitative estimate of drug-likeness (QED) is 0.889. The number of halogens is 2. The van der Waals surface area contributed by atoms with Crippen molar-refractivity contribution < 1.29 is 4.74 Å². The van der Waals surface area contributed by atoms with E-state index in [0.29, 0.717) is 12.6 Å². The largest absolute Gasteiger partial charge is 0.377 e. The van der Waals surface area contributed by atoms with Crippen LogP contribution in [0.1, 0.15) is 24.4 Å². The van der Waals surface area contributed by atoms with Gasteiger partial charge in [0.05, 0.1) is 6.10 Å². The van der Waals surface area contributed by atoms with Crippen LogP contribution in [-0.4, -0.2) is 37.7 Å². The third-order valence-corrected chi connectivity index (χ3v) is 4.41. The minimum absolute atomic E-state index is 0.129. The van der Waals surface area contributed by atoms with E-state index in [1.54, 1.807) is 0 Å². The number of rotatable bonds is 5. The van der Waals surface area contributed by atoms with Crippen LogP contribution in [-0.2, 0) is 4.74 Å². The second-order valence-corrected chi connectivity index (χ2v) is 6.31. The first-order valence-electron chi connectivity index (χ1n) is 6.58. The van der Waals surface area contributed by atoms with Crippen molar-refractivity contribution in [1.82, 2.24) is 4.90 Å². The highest BCUT2D eigenvalue weighted by Crippen LogP contribution is 2.29. The highest BCUT2D eigenvalue weighted by molar-refractivity contribution is 9.10. The maximum absolute atomic E-state index is 6.32. The molecule has 1 aromatic carbocycles. The zero-order valence-corrected chi connectivity index (χ0v) is 13.5. The Kier molecular flexibility index (Phi) is 5.66. The van der Waals surface area contributed by atoms with Crippen molar-refractivity contribution >= 4 is 27.5 Å². The molecule has 0 bridgehead atoms. The zero-order chi connectivity index (χ0) is 13.8. The summed E-state index contributed by atoms with van der Waals surface area (Å²) < 4.78 is 6.67. The molecule has 0 aliphatic carbocycles. The van der Waals surface area contributed by atoms with Gasteiger partial charge < -0.3 is 10.5 Å². The molecule has 0 amide bonds. The van der Waals surface area contributed by atoms with Gasteiger partial charge in [-0.25, -0.2) is 0 Å². The van der Waals surface area contributed by atoms with Gasteiger partial charge in [-0.2, -0.15) is 0 Å². The van der Waals surface area contributed by atoms with E-state index in [9.17, 15) is 0 Å². The van der Waals surface area contributed by atoms with Crippen molar-refractivity contribution in [3.8, 4) is 0 Å². The van der Waals surface area contributed by atoms with Crippen molar-refractivity contribution in [2.24, 2.45) is 5.73 Å². The van der Waals surface area contributed by atoms with Crippen LogP contribution in [0.25, 0.3) is 0 Å². The van der Waals surface area contributed by atoms with E-state index in [4.69, 9.17) is 22.1 Å². The molecule has 0 aromatic heterocycles. The van der Waals surface area contributed by atoms with Gasteiger partial charge in [0.2, 0.25) is 0 Å². The summed E-state index contributed by atoms with van der Waals surface area (Å²) in [4.78, 5) is 2.24. The first kappa shape index (κ1) is 15.3. The first-order valence-corrected chi connectivity index (χ1v) is 7.75. The van der Waals surface area contributed by atoms with Crippen molar-refractivity contribution in [3.05, 3.63) is 33.3 Å². The van der Waals surface area contributed by atoms with E-state index in [1.165, 1.54) is 0 Å². The predicted octanol–water partition coefficient (Wildman–Crippen LogP) is 3.21. The molecular formula is C14H20BrClN2O. The van der Waals surface area contributed by atoms with Crippen LogP contribution in [0.5, 0.6) is 0 Å². The van der Waals surface area contributed by atoms with Crippen LogP contribution in [0.4, 0.5) is 0 Å². The van der Waals surface area contributed by atoms with Gasteiger partial charge in [0.1, 0.15) is 0 Å². The van der Waals surface area contributed by atoms with Gasteiger partial charge in [0, 0.05) is 35.2 Å². The Balaban J connectivity index is 2.09. The molecule has 1 aromatic rings. The lowest BCUT2D eigenvalue weighted by molar-refractivity contribution is 0.0689. The molecule has 0 saturated carbocycles. The summed E-state index contributed by atoms with van der Waals surface area (Å²) in [5, 5.41) is 0.754. The molecule has 5 heteroatoms. The van der Waals surface area contributed by atoms with Crippen molar-refractivity contribution in [3.63, 3.8) is 0 Å². The number of nitrogens with zero attached hydrogens (tertiary/aromatic N) is 1. The SMILES string of the molecule is CN(CC1CCCO1)C(CN)c1ccc(Br)cc1Cl. The summed E-state index contributed by atoms with van der Waals surface area (Å²) in [7, 11) is 2.08. The number of hydrogen-bond acceptors (Lipinski definition) is 3. The normalized spacial score (nSPS) is 21.0. The molecule has 2 rings (SSSR count). The van der Waals surface area contributed by atoms with Crippen molar-refractivity contribution in [1.29, 1.82) is 0 Å². The lowest BCUT2D eigenvalue weighted by atomic mass is 10.0. The smallest absolute Gasteiger partial charge is 0.0702 e. The molecule has 1 heterocycles. The molecule has 1 fully saturated rings. The van der Waals surface area contributed by atoms with Crippen LogP contribution in [0.15, 0.2) is 22.7 Å². The molecule has 1 aliphatic heterocycles. The number of likely N-dealkylation sites (N-methyl/N-ethyl adjacent to an activating group) is 1. The second-order valence-electron chi connectivity index (χ2n) is 4.99. The summed E-state index contributed by atoms with van der Waals surface area (Å²) in [6, 6.07) is 6.09. The van der Waals surface area contributed by atoms with Crippen LogP contribution in [0, 0.1) is 0 Å².